The second-order valence-electron chi connectivity index (χ2n) is 5.23. The van der Waals surface area contributed by atoms with Gasteiger partial charge in [0.1, 0.15) is 0 Å². The molecular formula is C18H18ClF2NO3. The van der Waals surface area contributed by atoms with E-state index in [-0.39, 0.29) is 29.0 Å². The molecule has 2 aromatic rings. The van der Waals surface area contributed by atoms with Crippen LogP contribution in [-0.2, 0) is 0 Å². The highest BCUT2D eigenvalue weighted by atomic mass is 35.5. The van der Waals surface area contributed by atoms with E-state index in [2.05, 4.69) is 10.1 Å². The van der Waals surface area contributed by atoms with Crippen molar-refractivity contribution in [3.05, 3.63) is 58.6 Å². The van der Waals surface area contributed by atoms with Gasteiger partial charge in [0.25, 0.3) is 5.91 Å². The number of carbonyl (C=O) groups excluding carboxylic acids is 1. The van der Waals surface area contributed by atoms with Crippen LogP contribution < -0.4 is 14.8 Å². The number of ether oxygens (including phenoxy) is 2. The quantitative estimate of drug-likeness (QED) is 0.760. The molecule has 25 heavy (non-hydrogen) atoms. The summed E-state index contributed by atoms with van der Waals surface area (Å²) in [6.45, 7) is -1.03. The van der Waals surface area contributed by atoms with Gasteiger partial charge in [0.15, 0.2) is 11.5 Å². The lowest BCUT2D eigenvalue weighted by Crippen LogP contribution is -2.28. The lowest BCUT2D eigenvalue weighted by molar-refractivity contribution is -0.0512. The second-order valence-corrected chi connectivity index (χ2v) is 5.67. The molecule has 134 valence electrons. The third kappa shape index (κ3) is 5.06. The van der Waals surface area contributed by atoms with E-state index in [1.165, 1.54) is 25.3 Å². The topological polar surface area (TPSA) is 47.6 Å². The van der Waals surface area contributed by atoms with Gasteiger partial charge < -0.3 is 14.8 Å². The Morgan fingerprint density at radius 1 is 1.16 bits per heavy atom. The molecule has 0 aliphatic heterocycles. The molecule has 0 bridgehead atoms. The molecule has 0 aliphatic carbocycles. The van der Waals surface area contributed by atoms with E-state index < -0.39 is 6.61 Å². The van der Waals surface area contributed by atoms with Crippen LogP contribution >= 0.6 is 11.6 Å². The van der Waals surface area contributed by atoms with Crippen LogP contribution in [-0.4, -0.2) is 19.6 Å². The summed E-state index contributed by atoms with van der Waals surface area (Å²) in [4.78, 5) is 12.5. The normalized spacial score (nSPS) is 11.9. The number of carbonyl (C=O) groups is 1. The van der Waals surface area contributed by atoms with Crippen molar-refractivity contribution in [3.8, 4) is 11.5 Å². The first kappa shape index (κ1) is 19.0. The SMILES string of the molecule is CCC(NC(=O)c1ccc(OC(F)F)c(OC)c1)c1ccc(Cl)cc1. The predicted molar refractivity (Wildman–Crippen MR) is 91.6 cm³/mol. The Kier molecular flexibility index (Phi) is 6.58. The minimum Gasteiger partial charge on any atom is -0.493 e. The van der Waals surface area contributed by atoms with Gasteiger partial charge in [0, 0.05) is 10.6 Å². The molecule has 4 nitrogen and oxygen atoms in total. The van der Waals surface area contributed by atoms with Crippen LogP contribution in [0.2, 0.25) is 5.02 Å². The Morgan fingerprint density at radius 2 is 1.84 bits per heavy atom. The van der Waals surface area contributed by atoms with Gasteiger partial charge in [-0.15, -0.1) is 0 Å². The van der Waals surface area contributed by atoms with Crippen molar-refractivity contribution in [2.75, 3.05) is 7.11 Å². The third-order valence-electron chi connectivity index (χ3n) is 3.63. The van der Waals surface area contributed by atoms with E-state index in [9.17, 15) is 13.6 Å². The van der Waals surface area contributed by atoms with Crippen LogP contribution in [0.15, 0.2) is 42.5 Å². The first-order chi connectivity index (χ1) is 11.9. The van der Waals surface area contributed by atoms with E-state index in [1.54, 1.807) is 12.1 Å². The molecule has 1 N–H and O–H groups in total. The van der Waals surface area contributed by atoms with Crippen LogP contribution in [0.4, 0.5) is 8.78 Å². The van der Waals surface area contributed by atoms with Crippen molar-refractivity contribution in [1.29, 1.82) is 0 Å². The highest BCUT2D eigenvalue weighted by Gasteiger charge is 2.17. The number of amides is 1. The maximum Gasteiger partial charge on any atom is 0.387 e. The minimum absolute atomic E-state index is 0.0625. The fourth-order valence-corrected chi connectivity index (χ4v) is 2.49. The van der Waals surface area contributed by atoms with Crippen LogP contribution in [0.3, 0.4) is 0 Å². The molecule has 1 amide bonds. The van der Waals surface area contributed by atoms with Gasteiger partial charge >= 0.3 is 6.61 Å². The van der Waals surface area contributed by atoms with Crippen molar-refractivity contribution in [3.63, 3.8) is 0 Å². The van der Waals surface area contributed by atoms with Crippen molar-refractivity contribution >= 4 is 17.5 Å². The molecule has 0 saturated heterocycles. The standard InChI is InChI=1S/C18H18ClF2NO3/c1-3-14(11-4-7-13(19)8-5-11)22-17(23)12-6-9-15(25-18(20)21)16(10-12)24-2/h4-10,14,18H,3H2,1-2H3,(H,22,23). The van der Waals surface area contributed by atoms with Crippen LogP contribution in [0.25, 0.3) is 0 Å². The fourth-order valence-electron chi connectivity index (χ4n) is 2.36. The number of hydrogen-bond acceptors (Lipinski definition) is 3. The van der Waals surface area contributed by atoms with Crippen molar-refractivity contribution in [2.45, 2.75) is 26.0 Å². The molecule has 2 aromatic carbocycles. The van der Waals surface area contributed by atoms with E-state index >= 15 is 0 Å². The summed E-state index contributed by atoms with van der Waals surface area (Å²) in [5.74, 6) is -0.407. The number of nitrogens with one attached hydrogen (secondary N) is 1. The van der Waals surface area contributed by atoms with Gasteiger partial charge in [-0.1, -0.05) is 30.7 Å². The Hall–Kier alpha value is -2.34. The largest absolute Gasteiger partial charge is 0.493 e. The average Bonchev–Trinajstić information content (AvgIpc) is 2.60. The van der Waals surface area contributed by atoms with E-state index in [0.29, 0.717) is 11.4 Å². The van der Waals surface area contributed by atoms with Crippen LogP contribution in [0, 0.1) is 0 Å². The molecule has 0 aliphatic rings. The monoisotopic (exact) mass is 369 g/mol. The van der Waals surface area contributed by atoms with Gasteiger partial charge in [0.2, 0.25) is 0 Å². The molecule has 0 fully saturated rings. The summed E-state index contributed by atoms with van der Waals surface area (Å²) >= 11 is 5.88. The maximum atomic E-state index is 12.5. The Morgan fingerprint density at radius 3 is 2.40 bits per heavy atom. The lowest BCUT2D eigenvalue weighted by Gasteiger charge is -2.18. The summed E-state index contributed by atoms with van der Waals surface area (Å²) in [6, 6.07) is 11.0. The molecule has 0 aromatic heterocycles. The molecule has 1 unspecified atom stereocenters. The number of hydrogen-bond donors (Lipinski definition) is 1. The maximum absolute atomic E-state index is 12.5. The first-order valence-electron chi connectivity index (χ1n) is 7.63. The summed E-state index contributed by atoms with van der Waals surface area (Å²) < 4.78 is 34.1. The van der Waals surface area contributed by atoms with Crippen LogP contribution in [0.5, 0.6) is 11.5 Å². The smallest absolute Gasteiger partial charge is 0.387 e. The van der Waals surface area contributed by atoms with Gasteiger partial charge in [-0.3, -0.25) is 4.79 Å². The number of benzene rings is 2. The average molecular weight is 370 g/mol. The Bertz CT molecular complexity index is 723. The van der Waals surface area contributed by atoms with E-state index in [4.69, 9.17) is 16.3 Å². The third-order valence-corrected chi connectivity index (χ3v) is 3.88. The number of halogens is 3. The summed E-state index contributed by atoms with van der Waals surface area (Å²) in [5, 5.41) is 3.52. The molecule has 7 heteroatoms. The van der Waals surface area contributed by atoms with Crippen molar-refractivity contribution in [2.24, 2.45) is 0 Å². The predicted octanol–water partition coefficient (Wildman–Crippen LogP) is 4.83. The zero-order chi connectivity index (χ0) is 18.4. The fraction of sp³-hybridized carbons (Fsp3) is 0.278. The van der Waals surface area contributed by atoms with E-state index in [0.717, 1.165) is 5.56 Å². The Balaban J connectivity index is 2.17. The molecule has 2 rings (SSSR count). The molecule has 0 radical (unpaired) electrons. The van der Waals surface area contributed by atoms with Gasteiger partial charge in [-0.25, -0.2) is 0 Å². The number of rotatable bonds is 7. The molecule has 0 saturated carbocycles. The Labute approximate surface area is 149 Å². The van der Waals surface area contributed by atoms with Crippen molar-refractivity contribution in [1.82, 2.24) is 5.32 Å². The van der Waals surface area contributed by atoms with Gasteiger partial charge in [0.05, 0.1) is 13.2 Å². The summed E-state index contributed by atoms with van der Waals surface area (Å²) in [5.41, 5.74) is 1.20. The summed E-state index contributed by atoms with van der Waals surface area (Å²) in [7, 11) is 1.32. The molecular weight excluding hydrogens is 352 g/mol. The van der Waals surface area contributed by atoms with Gasteiger partial charge in [-0.05, 0) is 42.3 Å². The minimum atomic E-state index is -2.97. The molecule has 0 spiro atoms. The van der Waals surface area contributed by atoms with Gasteiger partial charge in [-0.2, -0.15) is 8.78 Å². The first-order valence-corrected chi connectivity index (χ1v) is 8.01. The lowest BCUT2D eigenvalue weighted by atomic mass is 10.0. The molecule has 1 atom stereocenters. The molecule has 0 heterocycles. The van der Waals surface area contributed by atoms with Crippen molar-refractivity contribution < 1.29 is 23.0 Å². The van der Waals surface area contributed by atoms with E-state index in [1.807, 2.05) is 19.1 Å². The van der Waals surface area contributed by atoms with Crippen LogP contribution in [0.1, 0.15) is 35.3 Å². The second kappa shape index (κ2) is 8.67. The number of methoxy groups -OCH3 is 1. The highest BCUT2D eigenvalue weighted by molar-refractivity contribution is 6.30. The highest BCUT2D eigenvalue weighted by Crippen LogP contribution is 2.30. The zero-order valence-electron chi connectivity index (χ0n) is 13.8. The zero-order valence-corrected chi connectivity index (χ0v) is 14.5. The number of alkyl halides is 2. The summed E-state index contributed by atoms with van der Waals surface area (Å²) in [6.07, 6.45) is 0.678.